The summed E-state index contributed by atoms with van der Waals surface area (Å²) in [6.07, 6.45) is 1.77. The van der Waals surface area contributed by atoms with E-state index in [2.05, 4.69) is 4.98 Å². The molecule has 3 nitrogen and oxygen atoms in total. The summed E-state index contributed by atoms with van der Waals surface area (Å²) in [4.78, 5) is 15.9. The van der Waals surface area contributed by atoms with E-state index in [0.717, 1.165) is 22.4 Å². The first-order chi connectivity index (χ1) is 8.63. The highest BCUT2D eigenvalue weighted by Gasteiger charge is 2.12. The van der Waals surface area contributed by atoms with Gasteiger partial charge in [0.2, 0.25) is 0 Å². The molecule has 0 aliphatic rings. The molecule has 0 unspecified atom stereocenters. The second-order valence-corrected chi connectivity index (χ2v) is 4.19. The number of methoxy groups -OCH3 is 1. The number of carbonyl (C=O) groups excluding carboxylic acids is 1. The fourth-order valence-corrected chi connectivity index (χ4v) is 2.11. The second kappa shape index (κ2) is 5.00. The number of hydrogen-bond acceptors (Lipinski definition) is 3. The third-order valence-electron chi connectivity index (χ3n) is 2.87. The van der Waals surface area contributed by atoms with Crippen molar-refractivity contribution in [1.29, 1.82) is 0 Å². The summed E-state index contributed by atoms with van der Waals surface area (Å²) in [6, 6.07) is 9.48. The molecule has 0 amide bonds. The van der Waals surface area contributed by atoms with Crippen molar-refractivity contribution in [3.05, 3.63) is 53.2 Å². The van der Waals surface area contributed by atoms with Crippen molar-refractivity contribution in [3.8, 4) is 11.3 Å². The molecule has 0 aliphatic carbocycles. The van der Waals surface area contributed by atoms with E-state index in [1.165, 1.54) is 7.11 Å². The number of nitrogens with zero attached hydrogens (tertiary/aromatic N) is 1. The van der Waals surface area contributed by atoms with Gasteiger partial charge in [-0.3, -0.25) is 4.98 Å². The zero-order valence-corrected chi connectivity index (χ0v) is 10.7. The number of benzene rings is 1. The minimum atomic E-state index is -0.311. The molecule has 0 spiro atoms. The number of aryl methyl sites for hydroxylation is 2. The Kier molecular flexibility index (Phi) is 3.42. The first-order valence-electron chi connectivity index (χ1n) is 5.74. The van der Waals surface area contributed by atoms with E-state index >= 15 is 0 Å². The number of hydrogen-bond donors (Lipinski definition) is 0. The standard InChI is InChI=1S/C15H15NO2/c1-10-8-12(15(17)18-3)9-11(2)14(10)13-6-4-5-7-16-13/h4-9H,1-3H3. The monoisotopic (exact) mass is 241 g/mol. The largest absolute Gasteiger partial charge is 0.465 e. The van der Waals surface area contributed by atoms with Crippen molar-refractivity contribution in [2.45, 2.75) is 13.8 Å². The van der Waals surface area contributed by atoms with Crippen LogP contribution in [0.5, 0.6) is 0 Å². The van der Waals surface area contributed by atoms with Crippen LogP contribution in [0.2, 0.25) is 0 Å². The molecule has 18 heavy (non-hydrogen) atoms. The minimum Gasteiger partial charge on any atom is -0.465 e. The van der Waals surface area contributed by atoms with Crippen LogP contribution in [0.15, 0.2) is 36.5 Å². The molecule has 0 radical (unpaired) electrons. The molecule has 0 saturated heterocycles. The Morgan fingerprint density at radius 1 is 1.17 bits per heavy atom. The lowest BCUT2D eigenvalue weighted by molar-refractivity contribution is 0.0600. The number of pyridine rings is 1. The van der Waals surface area contributed by atoms with Gasteiger partial charge in [0.15, 0.2) is 0 Å². The van der Waals surface area contributed by atoms with Crippen LogP contribution in [0.3, 0.4) is 0 Å². The topological polar surface area (TPSA) is 39.2 Å². The van der Waals surface area contributed by atoms with Gasteiger partial charge in [0.1, 0.15) is 0 Å². The van der Waals surface area contributed by atoms with Crippen LogP contribution in [0.25, 0.3) is 11.3 Å². The molecule has 0 aliphatic heterocycles. The predicted octanol–water partition coefficient (Wildman–Crippen LogP) is 3.15. The van der Waals surface area contributed by atoms with Crippen molar-refractivity contribution < 1.29 is 9.53 Å². The quantitative estimate of drug-likeness (QED) is 0.758. The summed E-state index contributed by atoms with van der Waals surface area (Å²) < 4.78 is 4.74. The molecular formula is C15H15NO2. The number of rotatable bonds is 2. The van der Waals surface area contributed by atoms with E-state index in [1.807, 2.05) is 44.2 Å². The van der Waals surface area contributed by atoms with Crippen molar-refractivity contribution in [2.24, 2.45) is 0 Å². The number of aromatic nitrogens is 1. The van der Waals surface area contributed by atoms with Crippen molar-refractivity contribution in [2.75, 3.05) is 7.11 Å². The van der Waals surface area contributed by atoms with Crippen LogP contribution in [0, 0.1) is 13.8 Å². The fourth-order valence-electron chi connectivity index (χ4n) is 2.11. The molecular weight excluding hydrogens is 226 g/mol. The van der Waals surface area contributed by atoms with E-state index in [4.69, 9.17) is 4.74 Å². The van der Waals surface area contributed by atoms with Crippen LogP contribution < -0.4 is 0 Å². The molecule has 1 aromatic heterocycles. The Morgan fingerprint density at radius 3 is 2.33 bits per heavy atom. The average Bonchev–Trinajstić information content (AvgIpc) is 2.38. The summed E-state index contributed by atoms with van der Waals surface area (Å²) in [6.45, 7) is 3.95. The van der Waals surface area contributed by atoms with Gasteiger partial charge in [-0.1, -0.05) is 6.07 Å². The number of esters is 1. The summed E-state index contributed by atoms with van der Waals surface area (Å²) in [5, 5.41) is 0. The molecule has 0 bridgehead atoms. The van der Waals surface area contributed by atoms with Gasteiger partial charge in [0.25, 0.3) is 0 Å². The normalized spacial score (nSPS) is 10.2. The van der Waals surface area contributed by atoms with E-state index in [1.54, 1.807) is 6.20 Å². The SMILES string of the molecule is COC(=O)c1cc(C)c(-c2ccccn2)c(C)c1. The van der Waals surface area contributed by atoms with Crippen molar-refractivity contribution >= 4 is 5.97 Å². The molecule has 2 rings (SSSR count). The summed E-state index contributed by atoms with van der Waals surface area (Å²) in [5.74, 6) is -0.311. The van der Waals surface area contributed by atoms with Gasteiger partial charge in [-0.05, 0) is 49.2 Å². The number of ether oxygens (including phenoxy) is 1. The maximum atomic E-state index is 11.5. The maximum absolute atomic E-state index is 11.5. The van der Waals surface area contributed by atoms with E-state index in [0.29, 0.717) is 5.56 Å². The lowest BCUT2D eigenvalue weighted by atomic mass is 9.96. The molecule has 0 atom stereocenters. The van der Waals surface area contributed by atoms with E-state index < -0.39 is 0 Å². The van der Waals surface area contributed by atoms with Gasteiger partial charge >= 0.3 is 5.97 Å². The van der Waals surface area contributed by atoms with Gasteiger partial charge in [-0.25, -0.2) is 4.79 Å². The lowest BCUT2D eigenvalue weighted by Gasteiger charge is -2.11. The fraction of sp³-hybridized carbons (Fsp3) is 0.200. The van der Waals surface area contributed by atoms with Gasteiger partial charge in [0.05, 0.1) is 18.4 Å². The smallest absolute Gasteiger partial charge is 0.337 e. The predicted molar refractivity (Wildman–Crippen MR) is 70.5 cm³/mol. The third-order valence-corrected chi connectivity index (χ3v) is 2.87. The Labute approximate surface area is 106 Å². The van der Waals surface area contributed by atoms with Gasteiger partial charge in [-0.15, -0.1) is 0 Å². The number of carbonyl (C=O) groups is 1. The molecule has 2 aromatic rings. The zero-order chi connectivity index (χ0) is 13.1. The van der Waals surface area contributed by atoms with Gasteiger partial charge in [-0.2, -0.15) is 0 Å². The first-order valence-corrected chi connectivity index (χ1v) is 5.74. The highest BCUT2D eigenvalue weighted by molar-refractivity contribution is 5.91. The first kappa shape index (κ1) is 12.3. The Balaban J connectivity index is 2.55. The van der Waals surface area contributed by atoms with Crippen molar-refractivity contribution in [3.63, 3.8) is 0 Å². The van der Waals surface area contributed by atoms with Gasteiger partial charge in [0, 0.05) is 11.8 Å². The van der Waals surface area contributed by atoms with Crippen molar-refractivity contribution in [1.82, 2.24) is 4.98 Å². The average molecular weight is 241 g/mol. The van der Waals surface area contributed by atoms with E-state index in [-0.39, 0.29) is 5.97 Å². The maximum Gasteiger partial charge on any atom is 0.337 e. The minimum absolute atomic E-state index is 0.311. The Morgan fingerprint density at radius 2 is 1.83 bits per heavy atom. The molecule has 1 aromatic carbocycles. The molecule has 3 heteroatoms. The van der Waals surface area contributed by atoms with Crippen LogP contribution in [0.1, 0.15) is 21.5 Å². The van der Waals surface area contributed by atoms with Crippen LogP contribution >= 0.6 is 0 Å². The van der Waals surface area contributed by atoms with Gasteiger partial charge < -0.3 is 4.74 Å². The molecule has 1 heterocycles. The molecule has 0 fully saturated rings. The third kappa shape index (κ3) is 2.25. The molecule has 92 valence electrons. The Hall–Kier alpha value is -2.16. The lowest BCUT2D eigenvalue weighted by Crippen LogP contribution is -2.03. The van der Waals surface area contributed by atoms with Crippen LogP contribution in [-0.4, -0.2) is 18.1 Å². The Bertz CT molecular complexity index is 553. The van der Waals surface area contributed by atoms with Crippen LogP contribution in [0.4, 0.5) is 0 Å². The summed E-state index contributed by atoms with van der Waals surface area (Å²) >= 11 is 0. The van der Waals surface area contributed by atoms with Crippen LogP contribution in [-0.2, 0) is 4.74 Å². The molecule has 0 N–H and O–H groups in total. The highest BCUT2D eigenvalue weighted by atomic mass is 16.5. The summed E-state index contributed by atoms with van der Waals surface area (Å²) in [5.41, 5.74) is 4.61. The summed E-state index contributed by atoms with van der Waals surface area (Å²) in [7, 11) is 1.39. The highest BCUT2D eigenvalue weighted by Crippen LogP contribution is 2.26. The second-order valence-electron chi connectivity index (χ2n) is 4.19. The molecule has 0 saturated carbocycles. The van der Waals surface area contributed by atoms with E-state index in [9.17, 15) is 4.79 Å². The zero-order valence-electron chi connectivity index (χ0n) is 10.7.